The molecule has 0 saturated carbocycles. The number of pyridine rings is 1. The maximum Gasteiger partial charge on any atom is 0.0334 e. The van der Waals surface area contributed by atoms with Crippen molar-refractivity contribution in [3.8, 4) is 0 Å². The average Bonchev–Trinajstić information content (AvgIpc) is 2.88. The largest absolute Gasteiger partial charge is 0.381 e. The summed E-state index contributed by atoms with van der Waals surface area (Å²) in [6, 6.07) is 5.16. The van der Waals surface area contributed by atoms with Crippen LogP contribution in [0.3, 0.4) is 0 Å². The Morgan fingerprint density at radius 1 is 1.30 bits per heavy atom. The van der Waals surface area contributed by atoms with Gasteiger partial charge in [-0.15, -0.1) is 11.6 Å². The normalized spacial score (nSPS) is 14.7. The third kappa shape index (κ3) is 5.80. The van der Waals surface area contributed by atoms with Gasteiger partial charge in [-0.05, 0) is 30.2 Å². The fourth-order valence-corrected chi connectivity index (χ4v) is 1.50. The summed E-state index contributed by atoms with van der Waals surface area (Å²) in [5, 5.41) is 0. The molecule has 0 unspecified atom stereocenters. The van der Waals surface area contributed by atoms with Gasteiger partial charge in [-0.3, -0.25) is 4.99 Å². The first-order valence-corrected chi connectivity index (χ1v) is 6.92. The summed E-state index contributed by atoms with van der Waals surface area (Å²) in [4.78, 5) is 8.73. The molecule has 105 valence electrons. The van der Waals surface area contributed by atoms with Gasteiger partial charge in [0.25, 0.3) is 0 Å². The van der Waals surface area contributed by atoms with Crippen molar-refractivity contribution in [1.82, 2.24) is 4.98 Å². The fraction of sp³-hybridized carbons (Fsp3) is 0.412. The second-order valence-electron chi connectivity index (χ2n) is 4.83. The van der Waals surface area contributed by atoms with Gasteiger partial charge in [-0.1, -0.05) is 46.4 Å². The van der Waals surface area contributed by atoms with E-state index in [1.165, 1.54) is 6.42 Å². The number of allylic oxidation sites excluding steroid dienone is 3. The maximum atomic E-state index is 4.41. The Bertz CT molecular complexity index is 482. The molecular weight excluding hydrogens is 321 g/mol. The average molecular weight is 344 g/mol. The third-order valence-electron chi connectivity index (χ3n) is 2.59. The van der Waals surface area contributed by atoms with Gasteiger partial charge < -0.3 is 4.98 Å². The van der Waals surface area contributed by atoms with E-state index in [1.807, 2.05) is 37.6 Å². The molecule has 1 aliphatic rings. The number of rotatable bonds is 2. The third-order valence-corrected chi connectivity index (χ3v) is 2.59. The molecule has 3 heteroatoms. The van der Waals surface area contributed by atoms with Gasteiger partial charge in [0.2, 0.25) is 0 Å². The number of hydrogen-bond donors (Lipinski definition) is 0. The number of nitrogens with zero attached hydrogens (tertiary/aromatic N) is 2. The molecule has 0 aliphatic carbocycles. The predicted molar refractivity (Wildman–Crippen MR) is 83.4 cm³/mol. The first-order valence-electron chi connectivity index (χ1n) is 6.92. The Balaban J connectivity index is 0.000000830. The number of aromatic nitrogens is 1. The molecule has 1 aromatic rings. The summed E-state index contributed by atoms with van der Waals surface area (Å²) in [7, 11) is 0. The van der Waals surface area contributed by atoms with Gasteiger partial charge in [-0.25, -0.2) is 0 Å². The van der Waals surface area contributed by atoms with E-state index < -0.39 is 0 Å². The van der Waals surface area contributed by atoms with E-state index in [0.717, 1.165) is 22.5 Å². The van der Waals surface area contributed by atoms with E-state index in [-0.39, 0.29) is 32.7 Å². The Labute approximate surface area is 148 Å². The molecule has 1 aliphatic heterocycles. The quantitative estimate of drug-likeness (QED) is 0.708. The first-order chi connectivity index (χ1) is 9.12. The van der Waals surface area contributed by atoms with E-state index in [2.05, 4.69) is 43.7 Å². The summed E-state index contributed by atoms with van der Waals surface area (Å²) >= 11 is 0. The van der Waals surface area contributed by atoms with Crippen LogP contribution in [0.1, 0.15) is 58.2 Å². The molecule has 1 aromatic heterocycles. The van der Waals surface area contributed by atoms with Crippen LogP contribution < -0.4 is 0 Å². The second kappa shape index (κ2) is 10.2. The number of hydrogen-bond acceptors (Lipinski definition) is 2. The zero-order valence-electron chi connectivity index (χ0n) is 13.1. The van der Waals surface area contributed by atoms with Crippen LogP contribution in [-0.2, 0) is 32.7 Å². The zero-order valence-corrected chi connectivity index (χ0v) is 16.0. The smallest absolute Gasteiger partial charge is 0.0334 e. The molecule has 0 amide bonds. The van der Waals surface area contributed by atoms with Crippen LogP contribution in [0.2, 0.25) is 0 Å². The van der Waals surface area contributed by atoms with Crippen LogP contribution in [0.4, 0.5) is 0 Å². The van der Waals surface area contributed by atoms with Crippen molar-refractivity contribution >= 4 is 11.9 Å². The minimum absolute atomic E-state index is 0. The molecule has 0 atom stereocenters. The fourth-order valence-electron chi connectivity index (χ4n) is 1.50. The van der Waals surface area contributed by atoms with E-state index in [9.17, 15) is 0 Å². The molecule has 0 N–H and O–H groups in total. The first kappa shape index (κ1) is 19.4. The summed E-state index contributed by atoms with van der Waals surface area (Å²) in [6.07, 6.45) is 9.05. The van der Waals surface area contributed by atoms with Crippen LogP contribution in [0.5, 0.6) is 0 Å². The van der Waals surface area contributed by atoms with Gasteiger partial charge in [0, 0.05) is 44.6 Å². The predicted octanol–water partition coefficient (Wildman–Crippen LogP) is 4.79. The standard InChI is InChI=1S/C14H15N2.C3H8.Y/c1-4-11-7-14(15-8-11)13-6-5-12(9-16-13)10(2)3;1-3-2;/h4,6-10H,1-3H3;3H2,1-2H3;/q-1;;/b11-4-;;. The SMILES string of the molecule is C/C=C1\C=NC(c2c[c-]c(C(C)C)cn2)=C1.CCC.[Y]. The maximum absolute atomic E-state index is 4.41. The van der Waals surface area contributed by atoms with Crippen LogP contribution >= 0.6 is 0 Å². The molecule has 0 saturated heterocycles. The van der Waals surface area contributed by atoms with Crippen molar-refractivity contribution < 1.29 is 32.7 Å². The number of aliphatic imine (C=N–C) groups is 1. The summed E-state index contributed by atoms with van der Waals surface area (Å²) in [5.74, 6) is 0.466. The van der Waals surface area contributed by atoms with Gasteiger partial charge in [0.1, 0.15) is 0 Å². The van der Waals surface area contributed by atoms with Crippen LogP contribution in [-0.4, -0.2) is 11.2 Å². The molecule has 0 aromatic carbocycles. The Kier molecular flexibility index (Phi) is 9.87. The Hall–Kier alpha value is -0.596. The Morgan fingerprint density at radius 2 is 1.95 bits per heavy atom. The molecule has 2 nitrogen and oxygen atoms in total. The van der Waals surface area contributed by atoms with Gasteiger partial charge in [0.15, 0.2) is 0 Å². The topological polar surface area (TPSA) is 25.2 Å². The van der Waals surface area contributed by atoms with Gasteiger partial charge >= 0.3 is 0 Å². The van der Waals surface area contributed by atoms with Crippen molar-refractivity contribution in [1.29, 1.82) is 0 Å². The molecule has 1 radical (unpaired) electrons. The molecule has 2 rings (SSSR count). The molecule has 2 heterocycles. The van der Waals surface area contributed by atoms with E-state index in [4.69, 9.17) is 0 Å². The zero-order chi connectivity index (χ0) is 14.3. The molecule has 0 fully saturated rings. The van der Waals surface area contributed by atoms with Crippen molar-refractivity contribution in [2.24, 2.45) is 4.99 Å². The van der Waals surface area contributed by atoms with E-state index in [1.54, 1.807) is 0 Å². The molecule has 0 spiro atoms. The summed E-state index contributed by atoms with van der Waals surface area (Å²) < 4.78 is 0. The van der Waals surface area contributed by atoms with E-state index in [0.29, 0.717) is 5.92 Å². The van der Waals surface area contributed by atoms with Crippen molar-refractivity contribution in [2.45, 2.75) is 47.0 Å². The van der Waals surface area contributed by atoms with E-state index >= 15 is 0 Å². The Morgan fingerprint density at radius 3 is 2.35 bits per heavy atom. The monoisotopic (exact) mass is 344 g/mol. The molecule has 20 heavy (non-hydrogen) atoms. The van der Waals surface area contributed by atoms with Crippen LogP contribution in [0.15, 0.2) is 35.0 Å². The molecular formula is C17H23N2Y-. The minimum atomic E-state index is 0. The second-order valence-corrected chi connectivity index (χ2v) is 4.83. The minimum Gasteiger partial charge on any atom is -0.381 e. The van der Waals surface area contributed by atoms with Crippen molar-refractivity contribution in [2.75, 3.05) is 0 Å². The van der Waals surface area contributed by atoms with Crippen LogP contribution in [0.25, 0.3) is 5.70 Å². The summed E-state index contributed by atoms with van der Waals surface area (Å²) in [5.41, 5.74) is 4.07. The van der Waals surface area contributed by atoms with Gasteiger partial charge in [-0.2, -0.15) is 6.07 Å². The van der Waals surface area contributed by atoms with Crippen molar-refractivity contribution in [3.63, 3.8) is 0 Å². The van der Waals surface area contributed by atoms with Gasteiger partial charge in [0.05, 0.1) is 0 Å². The van der Waals surface area contributed by atoms with Crippen LogP contribution in [0, 0.1) is 6.07 Å². The van der Waals surface area contributed by atoms with Crippen molar-refractivity contribution in [3.05, 3.63) is 47.3 Å². The molecule has 0 bridgehead atoms. The summed E-state index contributed by atoms with van der Waals surface area (Å²) in [6.45, 7) is 10.5.